The molecule has 2 aromatic carbocycles. The molecule has 0 saturated heterocycles. The summed E-state index contributed by atoms with van der Waals surface area (Å²) in [5.74, 6) is -0.208. The monoisotopic (exact) mass is 370 g/mol. The van der Waals surface area contributed by atoms with E-state index in [1.807, 2.05) is 25.3 Å². The summed E-state index contributed by atoms with van der Waals surface area (Å²) in [5, 5.41) is 0. The van der Waals surface area contributed by atoms with Crippen LogP contribution in [-0.4, -0.2) is 16.4 Å². The van der Waals surface area contributed by atoms with E-state index < -0.39 is 0 Å². The van der Waals surface area contributed by atoms with Crippen LogP contribution in [0.5, 0.6) is 0 Å². The number of aryl methyl sites for hydroxylation is 2. The van der Waals surface area contributed by atoms with Gasteiger partial charge < -0.3 is 4.90 Å². The standard InChI is InChI=1S/C25H23FN2/c1-18-14-20(9-10-24(18)21-11-12-27-19(2)15-21)17-28-13-4-3-8-25(28)22-6-5-7-23(26)16-22/h3-12,14-16H,13,17H2,1-2H3. The highest BCUT2D eigenvalue weighted by molar-refractivity contribution is 5.69. The van der Waals surface area contributed by atoms with Gasteiger partial charge in [0.15, 0.2) is 0 Å². The summed E-state index contributed by atoms with van der Waals surface area (Å²) in [4.78, 5) is 6.56. The highest BCUT2D eigenvalue weighted by Crippen LogP contribution is 2.28. The summed E-state index contributed by atoms with van der Waals surface area (Å²) < 4.78 is 13.7. The Balaban J connectivity index is 1.59. The zero-order chi connectivity index (χ0) is 19.5. The Morgan fingerprint density at radius 2 is 1.89 bits per heavy atom. The molecule has 0 aliphatic carbocycles. The van der Waals surface area contributed by atoms with Crippen LogP contribution >= 0.6 is 0 Å². The van der Waals surface area contributed by atoms with E-state index in [0.717, 1.165) is 30.0 Å². The largest absolute Gasteiger partial charge is 0.363 e. The first kappa shape index (κ1) is 18.2. The zero-order valence-electron chi connectivity index (χ0n) is 16.2. The summed E-state index contributed by atoms with van der Waals surface area (Å²) in [6.07, 6.45) is 8.08. The Hall–Kier alpha value is -3.20. The van der Waals surface area contributed by atoms with E-state index >= 15 is 0 Å². The maximum absolute atomic E-state index is 13.7. The summed E-state index contributed by atoms with van der Waals surface area (Å²) in [5.41, 5.74) is 7.88. The Morgan fingerprint density at radius 1 is 1.00 bits per heavy atom. The van der Waals surface area contributed by atoms with Gasteiger partial charge in [0.25, 0.3) is 0 Å². The van der Waals surface area contributed by atoms with Crippen LogP contribution in [0, 0.1) is 19.7 Å². The lowest BCUT2D eigenvalue weighted by Crippen LogP contribution is -2.23. The molecule has 0 atom stereocenters. The molecule has 1 aliphatic heterocycles. The molecule has 0 spiro atoms. The number of hydrogen-bond acceptors (Lipinski definition) is 2. The molecule has 0 bridgehead atoms. The number of halogens is 1. The minimum Gasteiger partial charge on any atom is -0.363 e. The first-order chi connectivity index (χ1) is 13.6. The van der Waals surface area contributed by atoms with Gasteiger partial charge >= 0.3 is 0 Å². The van der Waals surface area contributed by atoms with Crippen LogP contribution in [0.3, 0.4) is 0 Å². The van der Waals surface area contributed by atoms with Gasteiger partial charge in [0.2, 0.25) is 0 Å². The van der Waals surface area contributed by atoms with E-state index in [0.29, 0.717) is 0 Å². The highest BCUT2D eigenvalue weighted by Gasteiger charge is 2.14. The lowest BCUT2D eigenvalue weighted by atomic mass is 9.98. The quantitative estimate of drug-likeness (QED) is 0.567. The fourth-order valence-electron chi connectivity index (χ4n) is 3.71. The van der Waals surface area contributed by atoms with Gasteiger partial charge in [-0.2, -0.15) is 0 Å². The SMILES string of the molecule is Cc1cc(-c2ccc(CN3CC=CC=C3c3cccc(F)c3)cc2C)ccn1. The molecule has 0 saturated carbocycles. The van der Waals surface area contributed by atoms with Gasteiger partial charge in [-0.1, -0.05) is 42.5 Å². The van der Waals surface area contributed by atoms with Crippen molar-refractivity contribution in [3.8, 4) is 11.1 Å². The van der Waals surface area contributed by atoms with Gasteiger partial charge in [-0.15, -0.1) is 0 Å². The molecule has 3 heteroatoms. The van der Waals surface area contributed by atoms with Crippen molar-refractivity contribution in [2.24, 2.45) is 0 Å². The van der Waals surface area contributed by atoms with Crippen molar-refractivity contribution in [1.82, 2.24) is 9.88 Å². The van der Waals surface area contributed by atoms with Gasteiger partial charge in [-0.25, -0.2) is 4.39 Å². The second-order valence-corrected chi connectivity index (χ2v) is 7.21. The number of rotatable bonds is 4. The van der Waals surface area contributed by atoms with E-state index in [4.69, 9.17) is 0 Å². The van der Waals surface area contributed by atoms with Gasteiger partial charge in [0.1, 0.15) is 5.82 Å². The Morgan fingerprint density at radius 3 is 2.68 bits per heavy atom. The zero-order valence-corrected chi connectivity index (χ0v) is 16.2. The van der Waals surface area contributed by atoms with Crippen LogP contribution in [0.25, 0.3) is 16.8 Å². The molecule has 1 aliphatic rings. The average Bonchev–Trinajstić information content (AvgIpc) is 2.68. The van der Waals surface area contributed by atoms with Gasteiger partial charge in [-0.05, 0) is 66.4 Å². The summed E-state index contributed by atoms with van der Waals surface area (Å²) in [7, 11) is 0. The molecular formula is C25H23FN2. The second-order valence-electron chi connectivity index (χ2n) is 7.21. The fourth-order valence-corrected chi connectivity index (χ4v) is 3.71. The molecule has 2 heterocycles. The van der Waals surface area contributed by atoms with Crippen LogP contribution < -0.4 is 0 Å². The maximum Gasteiger partial charge on any atom is 0.123 e. The number of hydrogen-bond donors (Lipinski definition) is 0. The van der Waals surface area contributed by atoms with Crippen molar-refractivity contribution in [2.75, 3.05) is 6.54 Å². The number of pyridine rings is 1. The molecule has 1 aromatic heterocycles. The van der Waals surface area contributed by atoms with Gasteiger partial charge in [0, 0.05) is 36.2 Å². The van der Waals surface area contributed by atoms with Crippen LogP contribution in [-0.2, 0) is 6.54 Å². The molecule has 4 rings (SSSR count). The number of aromatic nitrogens is 1. The smallest absolute Gasteiger partial charge is 0.123 e. The Kier molecular flexibility index (Phi) is 5.07. The van der Waals surface area contributed by atoms with E-state index in [2.05, 4.69) is 59.3 Å². The number of nitrogens with zero attached hydrogens (tertiary/aromatic N) is 2. The summed E-state index contributed by atoms with van der Waals surface area (Å²) in [6, 6.07) is 17.6. The molecule has 2 nitrogen and oxygen atoms in total. The van der Waals surface area contributed by atoms with Crippen molar-refractivity contribution in [2.45, 2.75) is 20.4 Å². The number of allylic oxidation sites excluding steroid dienone is 2. The van der Waals surface area contributed by atoms with Crippen molar-refractivity contribution in [1.29, 1.82) is 0 Å². The third-order valence-electron chi connectivity index (χ3n) is 5.05. The molecule has 3 aromatic rings. The third kappa shape index (κ3) is 3.89. The predicted molar refractivity (Wildman–Crippen MR) is 113 cm³/mol. The molecular weight excluding hydrogens is 347 g/mol. The van der Waals surface area contributed by atoms with Crippen molar-refractivity contribution in [3.05, 3.63) is 107 Å². The average molecular weight is 370 g/mol. The minimum absolute atomic E-state index is 0.208. The summed E-state index contributed by atoms with van der Waals surface area (Å²) >= 11 is 0. The normalized spacial score (nSPS) is 13.5. The maximum atomic E-state index is 13.7. The van der Waals surface area contributed by atoms with E-state index in [1.54, 1.807) is 12.1 Å². The molecule has 0 fully saturated rings. The second kappa shape index (κ2) is 7.81. The third-order valence-corrected chi connectivity index (χ3v) is 5.05. The van der Waals surface area contributed by atoms with Gasteiger partial charge in [0.05, 0.1) is 0 Å². The lowest BCUT2D eigenvalue weighted by Gasteiger charge is -2.29. The molecule has 0 radical (unpaired) electrons. The lowest BCUT2D eigenvalue weighted by molar-refractivity contribution is 0.428. The molecule has 28 heavy (non-hydrogen) atoms. The van der Waals surface area contributed by atoms with E-state index in [9.17, 15) is 4.39 Å². The van der Waals surface area contributed by atoms with Crippen molar-refractivity contribution < 1.29 is 4.39 Å². The first-order valence-corrected chi connectivity index (χ1v) is 9.50. The molecule has 0 unspecified atom stereocenters. The van der Waals surface area contributed by atoms with E-state index in [1.165, 1.54) is 28.3 Å². The van der Waals surface area contributed by atoms with Crippen LogP contribution in [0.4, 0.5) is 4.39 Å². The first-order valence-electron chi connectivity index (χ1n) is 9.50. The van der Waals surface area contributed by atoms with Gasteiger partial charge in [-0.3, -0.25) is 4.98 Å². The van der Waals surface area contributed by atoms with Crippen LogP contribution in [0.1, 0.15) is 22.4 Å². The molecule has 0 amide bonds. The minimum atomic E-state index is -0.208. The number of benzene rings is 2. The van der Waals surface area contributed by atoms with Crippen LogP contribution in [0.2, 0.25) is 0 Å². The fraction of sp³-hybridized carbons (Fsp3) is 0.160. The van der Waals surface area contributed by atoms with Crippen molar-refractivity contribution >= 4 is 5.70 Å². The molecule has 0 N–H and O–H groups in total. The topological polar surface area (TPSA) is 16.1 Å². The predicted octanol–water partition coefficient (Wildman–Crippen LogP) is 5.92. The van der Waals surface area contributed by atoms with Crippen LogP contribution in [0.15, 0.2) is 79.0 Å². The Bertz CT molecular complexity index is 1070. The van der Waals surface area contributed by atoms with Crippen molar-refractivity contribution in [3.63, 3.8) is 0 Å². The molecule has 140 valence electrons. The Labute approximate surface area is 165 Å². The highest BCUT2D eigenvalue weighted by atomic mass is 19.1. The summed E-state index contributed by atoms with van der Waals surface area (Å²) in [6.45, 7) is 5.75. The van der Waals surface area contributed by atoms with E-state index in [-0.39, 0.29) is 5.82 Å².